The summed E-state index contributed by atoms with van der Waals surface area (Å²) in [5.41, 5.74) is 1.08. The van der Waals surface area contributed by atoms with Crippen LogP contribution in [-0.2, 0) is 0 Å². The Bertz CT molecular complexity index is 505. The second kappa shape index (κ2) is 3.90. The molecule has 0 spiro atoms. The first kappa shape index (κ1) is 9.98. The Morgan fingerprint density at radius 2 is 2.07 bits per heavy atom. The Labute approximate surface area is 95.1 Å². The number of benzene rings is 1. The second-order valence-corrected chi connectivity index (χ2v) is 3.96. The molecule has 2 rings (SSSR count). The van der Waals surface area contributed by atoms with Crippen molar-refractivity contribution in [2.45, 2.75) is 0 Å². The van der Waals surface area contributed by atoms with Crippen LogP contribution in [0.15, 0.2) is 47.1 Å². The monoisotopic (exact) mass is 265 g/mol. The first-order chi connectivity index (χ1) is 7.18. The third-order valence-corrected chi connectivity index (χ3v) is 2.55. The lowest BCUT2D eigenvalue weighted by Gasteiger charge is -2.06. The molecule has 76 valence electrons. The number of aromatic carboxylic acids is 1. The van der Waals surface area contributed by atoms with Gasteiger partial charge < -0.3 is 9.67 Å². The van der Waals surface area contributed by atoms with Crippen molar-refractivity contribution in [3.63, 3.8) is 0 Å². The standard InChI is InChI=1S/C11H8BrNO2/c12-8-3-1-4-9(7-8)13-6-2-5-10(13)11(14)15/h1-7H,(H,14,15). The largest absolute Gasteiger partial charge is 0.477 e. The van der Waals surface area contributed by atoms with Gasteiger partial charge in [0.05, 0.1) is 0 Å². The number of hydrogen-bond acceptors (Lipinski definition) is 1. The van der Waals surface area contributed by atoms with E-state index in [1.165, 1.54) is 0 Å². The van der Waals surface area contributed by atoms with Crippen LogP contribution in [0.3, 0.4) is 0 Å². The highest BCUT2D eigenvalue weighted by Gasteiger charge is 2.09. The lowest BCUT2D eigenvalue weighted by Crippen LogP contribution is -2.05. The van der Waals surface area contributed by atoms with E-state index in [1.807, 2.05) is 24.3 Å². The predicted molar refractivity (Wildman–Crippen MR) is 60.4 cm³/mol. The molecular formula is C11H8BrNO2. The molecule has 1 aromatic carbocycles. The molecule has 1 aromatic heterocycles. The molecule has 0 atom stereocenters. The van der Waals surface area contributed by atoms with Crippen LogP contribution >= 0.6 is 15.9 Å². The van der Waals surface area contributed by atoms with E-state index in [0.29, 0.717) is 0 Å². The maximum Gasteiger partial charge on any atom is 0.352 e. The molecule has 0 radical (unpaired) electrons. The predicted octanol–water partition coefficient (Wildman–Crippen LogP) is 2.94. The van der Waals surface area contributed by atoms with Gasteiger partial charge in [-0.1, -0.05) is 22.0 Å². The quantitative estimate of drug-likeness (QED) is 0.908. The van der Waals surface area contributed by atoms with Gasteiger partial charge in [-0.2, -0.15) is 0 Å². The van der Waals surface area contributed by atoms with Gasteiger partial charge in [0, 0.05) is 16.4 Å². The SMILES string of the molecule is O=C(O)c1cccn1-c1cccc(Br)c1. The summed E-state index contributed by atoms with van der Waals surface area (Å²) in [6.45, 7) is 0. The van der Waals surface area contributed by atoms with E-state index in [-0.39, 0.29) is 5.69 Å². The van der Waals surface area contributed by atoms with Gasteiger partial charge in [-0.25, -0.2) is 4.79 Å². The van der Waals surface area contributed by atoms with Gasteiger partial charge >= 0.3 is 5.97 Å². The minimum absolute atomic E-state index is 0.258. The summed E-state index contributed by atoms with van der Waals surface area (Å²) in [6.07, 6.45) is 1.73. The van der Waals surface area contributed by atoms with Crippen molar-refractivity contribution >= 4 is 21.9 Å². The van der Waals surface area contributed by atoms with Gasteiger partial charge in [0.15, 0.2) is 0 Å². The van der Waals surface area contributed by atoms with Crippen molar-refractivity contribution in [2.75, 3.05) is 0 Å². The van der Waals surface area contributed by atoms with E-state index in [1.54, 1.807) is 22.9 Å². The first-order valence-electron chi connectivity index (χ1n) is 4.35. The second-order valence-electron chi connectivity index (χ2n) is 3.05. The van der Waals surface area contributed by atoms with Gasteiger partial charge in [-0.3, -0.25) is 0 Å². The Morgan fingerprint density at radius 3 is 2.73 bits per heavy atom. The Balaban J connectivity index is 2.54. The molecule has 0 aliphatic rings. The zero-order chi connectivity index (χ0) is 10.8. The molecule has 0 unspecified atom stereocenters. The maximum absolute atomic E-state index is 10.9. The van der Waals surface area contributed by atoms with Crippen LogP contribution in [0.2, 0.25) is 0 Å². The Kier molecular flexibility index (Phi) is 2.60. The normalized spacial score (nSPS) is 10.2. The highest BCUT2D eigenvalue weighted by Crippen LogP contribution is 2.17. The molecule has 0 amide bonds. The van der Waals surface area contributed by atoms with Crippen LogP contribution in [0, 0.1) is 0 Å². The molecule has 1 N–H and O–H groups in total. The average Bonchev–Trinajstić information content (AvgIpc) is 2.65. The molecule has 3 nitrogen and oxygen atoms in total. The molecule has 1 heterocycles. The van der Waals surface area contributed by atoms with E-state index in [4.69, 9.17) is 5.11 Å². The third kappa shape index (κ3) is 1.94. The van der Waals surface area contributed by atoms with Crippen molar-refractivity contribution in [2.24, 2.45) is 0 Å². The number of carboxylic acids is 1. The van der Waals surface area contributed by atoms with E-state index < -0.39 is 5.97 Å². The van der Waals surface area contributed by atoms with Crippen molar-refractivity contribution < 1.29 is 9.90 Å². The number of rotatable bonds is 2. The molecular weight excluding hydrogens is 258 g/mol. The molecule has 0 aliphatic heterocycles. The smallest absolute Gasteiger partial charge is 0.352 e. The number of halogens is 1. The maximum atomic E-state index is 10.9. The van der Waals surface area contributed by atoms with Crippen LogP contribution in [-0.4, -0.2) is 15.6 Å². The number of nitrogens with zero attached hydrogens (tertiary/aromatic N) is 1. The summed E-state index contributed by atoms with van der Waals surface area (Å²) >= 11 is 3.35. The Morgan fingerprint density at radius 1 is 1.27 bits per heavy atom. The fourth-order valence-corrected chi connectivity index (χ4v) is 1.79. The molecule has 4 heteroatoms. The molecule has 0 aliphatic carbocycles. The zero-order valence-corrected chi connectivity index (χ0v) is 9.31. The van der Waals surface area contributed by atoms with Gasteiger partial charge in [-0.15, -0.1) is 0 Å². The number of carboxylic acid groups (broad SMARTS) is 1. The minimum Gasteiger partial charge on any atom is -0.477 e. The summed E-state index contributed by atoms with van der Waals surface area (Å²) in [6, 6.07) is 10.8. The summed E-state index contributed by atoms with van der Waals surface area (Å²) in [7, 11) is 0. The van der Waals surface area contributed by atoms with Crippen molar-refractivity contribution in [1.29, 1.82) is 0 Å². The first-order valence-corrected chi connectivity index (χ1v) is 5.14. The summed E-state index contributed by atoms with van der Waals surface area (Å²) in [4.78, 5) is 10.9. The topological polar surface area (TPSA) is 42.2 Å². The van der Waals surface area contributed by atoms with Crippen LogP contribution in [0.1, 0.15) is 10.5 Å². The van der Waals surface area contributed by atoms with Gasteiger partial charge in [0.2, 0.25) is 0 Å². The van der Waals surface area contributed by atoms with Crippen LogP contribution in [0.5, 0.6) is 0 Å². The third-order valence-electron chi connectivity index (χ3n) is 2.05. The van der Waals surface area contributed by atoms with Crippen LogP contribution < -0.4 is 0 Å². The molecule has 0 bridgehead atoms. The van der Waals surface area contributed by atoms with Gasteiger partial charge in [-0.05, 0) is 30.3 Å². The van der Waals surface area contributed by atoms with Crippen molar-refractivity contribution in [3.8, 4) is 5.69 Å². The van der Waals surface area contributed by atoms with E-state index in [0.717, 1.165) is 10.2 Å². The minimum atomic E-state index is -0.931. The molecule has 15 heavy (non-hydrogen) atoms. The van der Waals surface area contributed by atoms with Gasteiger partial charge in [0.25, 0.3) is 0 Å². The number of carbonyl (C=O) groups is 1. The van der Waals surface area contributed by atoms with Gasteiger partial charge in [0.1, 0.15) is 5.69 Å². The van der Waals surface area contributed by atoms with E-state index in [9.17, 15) is 4.79 Å². The molecule has 0 saturated heterocycles. The summed E-state index contributed by atoms with van der Waals surface area (Å²) in [5, 5.41) is 8.95. The molecule has 0 fully saturated rings. The van der Waals surface area contributed by atoms with Crippen LogP contribution in [0.4, 0.5) is 0 Å². The van der Waals surface area contributed by atoms with Crippen molar-refractivity contribution in [1.82, 2.24) is 4.57 Å². The van der Waals surface area contributed by atoms with Crippen LogP contribution in [0.25, 0.3) is 5.69 Å². The Hall–Kier alpha value is -1.55. The highest BCUT2D eigenvalue weighted by molar-refractivity contribution is 9.10. The van der Waals surface area contributed by atoms with E-state index >= 15 is 0 Å². The number of aromatic nitrogens is 1. The highest BCUT2D eigenvalue weighted by atomic mass is 79.9. The number of hydrogen-bond donors (Lipinski definition) is 1. The lowest BCUT2D eigenvalue weighted by molar-refractivity contribution is 0.0688. The van der Waals surface area contributed by atoms with Crippen molar-refractivity contribution in [3.05, 3.63) is 52.8 Å². The fourth-order valence-electron chi connectivity index (χ4n) is 1.41. The molecule has 2 aromatic rings. The average molecular weight is 266 g/mol. The zero-order valence-electron chi connectivity index (χ0n) is 7.72. The van der Waals surface area contributed by atoms with E-state index in [2.05, 4.69) is 15.9 Å². The summed E-state index contributed by atoms with van der Waals surface area (Å²) < 4.78 is 2.55. The molecule has 0 saturated carbocycles. The summed E-state index contributed by atoms with van der Waals surface area (Å²) in [5.74, 6) is -0.931. The fraction of sp³-hybridized carbons (Fsp3) is 0. The lowest BCUT2D eigenvalue weighted by atomic mass is 10.3.